The molecule has 1 atom stereocenters. The molecule has 7 heteroatoms. The Morgan fingerprint density at radius 1 is 1.20 bits per heavy atom. The molecule has 0 aliphatic rings. The molecule has 1 rings (SSSR count). The van der Waals surface area contributed by atoms with E-state index in [1.54, 1.807) is 0 Å². The van der Waals surface area contributed by atoms with Crippen LogP contribution in [-0.4, -0.2) is 38.7 Å². The van der Waals surface area contributed by atoms with Gasteiger partial charge in [0.25, 0.3) is 0 Å². The van der Waals surface area contributed by atoms with Crippen molar-refractivity contribution in [2.45, 2.75) is 24.7 Å². The third-order valence-corrected chi connectivity index (χ3v) is 5.55. The molecule has 0 bridgehead atoms. The van der Waals surface area contributed by atoms with Crippen molar-refractivity contribution in [1.82, 2.24) is 0 Å². The molecule has 1 N–H and O–H groups in total. The molecule has 20 heavy (non-hydrogen) atoms. The first-order chi connectivity index (χ1) is 9.06. The molecule has 0 spiro atoms. The number of hydrogen-bond donors (Lipinski definition) is 1. The van der Waals surface area contributed by atoms with Crippen LogP contribution < -0.4 is 9.47 Å². The second-order valence-electron chi connectivity index (χ2n) is 5.01. The zero-order valence-corrected chi connectivity index (χ0v) is 12.9. The lowest BCUT2D eigenvalue weighted by atomic mass is 9.97. The number of hydrogen-bond acceptors (Lipinski definition) is 5. The standard InChI is InChI=1S/C13H19FO5S/c1-13(2,20(5,16)17)12(15)8-6-10(18-3)11(19-4)7-9(8)14/h6-7,12,15H,1-5H3. The lowest BCUT2D eigenvalue weighted by molar-refractivity contribution is 0.134. The first kappa shape index (κ1) is 16.7. The summed E-state index contributed by atoms with van der Waals surface area (Å²) in [6, 6.07) is 2.29. The van der Waals surface area contributed by atoms with Crippen molar-refractivity contribution >= 4 is 9.84 Å². The quantitative estimate of drug-likeness (QED) is 0.896. The molecule has 0 heterocycles. The SMILES string of the molecule is COc1cc(F)c(C(O)C(C)(C)S(C)(=O)=O)cc1OC. The zero-order valence-electron chi connectivity index (χ0n) is 12.1. The average molecular weight is 306 g/mol. The summed E-state index contributed by atoms with van der Waals surface area (Å²) in [5.41, 5.74) is -0.155. The molecule has 5 nitrogen and oxygen atoms in total. The smallest absolute Gasteiger partial charge is 0.163 e. The fourth-order valence-electron chi connectivity index (χ4n) is 1.66. The minimum atomic E-state index is -3.59. The highest BCUT2D eigenvalue weighted by Gasteiger charge is 2.40. The van der Waals surface area contributed by atoms with Gasteiger partial charge in [-0.2, -0.15) is 0 Å². The molecule has 0 aromatic heterocycles. The van der Waals surface area contributed by atoms with E-state index in [1.807, 2.05) is 0 Å². The van der Waals surface area contributed by atoms with E-state index in [9.17, 15) is 17.9 Å². The number of aliphatic hydroxyl groups is 1. The topological polar surface area (TPSA) is 72.8 Å². The molecule has 114 valence electrons. The monoisotopic (exact) mass is 306 g/mol. The Hall–Kier alpha value is -1.34. The summed E-state index contributed by atoms with van der Waals surface area (Å²) in [6.07, 6.45) is -0.535. The summed E-state index contributed by atoms with van der Waals surface area (Å²) >= 11 is 0. The maximum absolute atomic E-state index is 14.0. The van der Waals surface area contributed by atoms with Crippen molar-refractivity contribution in [2.75, 3.05) is 20.5 Å². The van der Waals surface area contributed by atoms with Crippen molar-refractivity contribution in [3.63, 3.8) is 0 Å². The summed E-state index contributed by atoms with van der Waals surface area (Å²) < 4.78 is 45.9. The normalized spacial score (nSPS) is 13.9. The summed E-state index contributed by atoms with van der Waals surface area (Å²) in [5, 5.41) is 10.2. The second-order valence-corrected chi connectivity index (χ2v) is 7.60. The maximum Gasteiger partial charge on any atom is 0.163 e. The van der Waals surface area contributed by atoms with Crippen LogP contribution in [0.1, 0.15) is 25.5 Å². The molecule has 0 radical (unpaired) electrons. The Kier molecular flexibility index (Phi) is 4.66. The van der Waals surface area contributed by atoms with Crippen LogP contribution in [0.3, 0.4) is 0 Å². The molecule has 0 aliphatic carbocycles. The average Bonchev–Trinajstić information content (AvgIpc) is 2.36. The highest BCUT2D eigenvalue weighted by molar-refractivity contribution is 7.92. The zero-order chi connectivity index (χ0) is 15.7. The van der Waals surface area contributed by atoms with Crippen LogP contribution in [0.25, 0.3) is 0 Å². The van der Waals surface area contributed by atoms with Gasteiger partial charge in [0, 0.05) is 17.9 Å². The van der Waals surface area contributed by atoms with E-state index in [0.29, 0.717) is 0 Å². The summed E-state index contributed by atoms with van der Waals surface area (Å²) in [7, 11) is -0.867. The van der Waals surface area contributed by atoms with Gasteiger partial charge in [0.1, 0.15) is 11.9 Å². The third kappa shape index (κ3) is 2.88. The van der Waals surface area contributed by atoms with E-state index >= 15 is 0 Å². The van der Waals surface area contributed by atoms with Crippen LogP contribution in [0.2, 0.25) is 0 Å². The number of aliphatic hydroxyl groups excluding tert-OH is 1. The van der Waals surface area contributed by atoms with Crippen molar-refractivity contribution in [3.05, 3.63) is 23.5 Å². The van der Waals surface area contributed by atoms with Gasteiger partial charge in [0.05, 0.1) is 19.0 Å². The minimum absolute atomic E-state index is 0.155. The fourth-order valence-corrected chi connectivity index (χ4v) is 2.19. The van der Waals surface area contributed by atoms with Gasteiger partial charge in [-0.25, -0.2) is 12.8 Å². The van der Waals surface area contributed by atoms with E-state index in [-0.39, 0.29) is 17.1 Å². The second kappa shape index (κ2) is 5.57. The Morgan fingerprint density at radius 3 is 2.05 bits per heavy atom. The number of sulfone groups is 1. The molecule has 1 aromatic carbocycles. The van der Waals surface area contributed by atoms with Crippen molar-refractivity contribution in [2.24, 2.45) is 0 Å². The molecular formula is C13H19FO5S. The maximum atomic E-state index is 14.0. The fraction of sp³-hybridized carbons (Fsp3) is 0.538. The molecular weight excluding hydrogens is 287 g/mol. The first-order valence-corrected chi connectivity index (χ1v) is 7.74. The van der Waals surface area contributed by atoms with Crippen LogP contribution in [0.15, 0.2) is 12.1 Å². The lowest BCUT2D eigenvalue weighted by Crippen LogP contribution is -2.38. The Balaban J connectivity index is 3.41. The number of benzene rings is 1. The van der Waals surface area contributed by atoms with Gasteiger partial charge in [-0.3, -0.25) is 0 Å². The Bertz CT molecular complexity index is 595. The number of halogens is 1. The lowest BCUT2D eigenvalue weighted by Gasteiger charge is -2.29. The van der Waals surface area contributed by atoms with Crippen molar-refractivity contribution < 1.29 is 27.4 Å². The molecule has 0 amide bonds. The van der Waals surface area contributed by atoms with Gasteiger partial charge < -0.3 is 14.6 Å². The largest absolute Gasteiger partial charge is 0.493 e. The predicted molar refractivity (Wildman–Crippen MR) is 73.4 cm³/mol. The van der Waals surface area contributed by atoms with Crippen LogP contribution in [0, 0.1) is 5.82 Å². The number of methoxy groups -OCH3 is 2. The van der Waals surface area contributed by atoms with Crippen LogP contribution in [0.4, 0.5) is 4.39 Å². The number of ether oxygens (including phenoxy) is 2. The minimum Gasteiger partial charge on any atom is -0.493 e. The molecule has 0 fully saturated rings. The summed E-state index contributed by atoms with van der Waals surface area (Å²) in [5.74, 6) is -0.378. The van der Waals surface area contributed by atoms with E-state index in [2.05, 4.69) is 0 Å². The molecule has 1 unspecified atom stereocenters. The Morgan fingerprint density at radius 2 is 1.65 bits per heavy atom. The first-order valence-electron chi connectivity index (χ1n) is 5.85. The highest BCUT2D eigenvalue weighted by Crippen LogP contribution is 2.38. The number of rotatable bonds is 5. The summed E-state index contributed by atoms with van der Waals surface area (Å²) in [6.45, 7) is 2.67. The predicted octanol–water partition coefficient (Wildman–Crippen LogP) is 1.70. The van der Waals surface area contributed by atoms with Crippen LogP contribution >= 0.6 is 0 Å². The van der Waals surface area contributed by atoms with Gasteiger partial charge in [-0.15, -0.1) is 0 Å². The van der Waals surface area contributed by atoms with E-state index in [0.717, 1.165) is 12.3 Å². The molecule has 0 saturated carbocycles. The van der Waals surface area contributed by atoms with Crippen molar-refractivity contribution in [1.29, 1.82) is 0 Å². The van der Waals surface area contributed by atoms with E-state index in [1.165, 1.54) is 34.1 Å². The van der Waals surface area contributed by atoms with Gasteiger partial charge in [0.2, 0.25) is 0 Å². The van der Waals surface area contributed by atoms with Gasteiger partial charge in [0.15, 0.2) is 21.3 Å². The van der Waals surface area contributed by atoms with Gasteiger partial charge >= 0.3 is 0 Å². The van der Waals surface area contributed by atoms with Crippen LogP contribution in [-0.2, 0) is 9.84 Å². The summed E-state index contributed by atoms with van der Waals surface area (Å²) in [4.78, 5) is 0. The Labute approximate surface area is 118 Å². The molecule has 0 saturated heterocycles. The van der Waals surface area contributed by atoms with Gasteiger partial charge in [-0.1, -0.05) is 0 Å². The highest BCUT2D eigenvalue weighted by atomic mass is 32.2. The van der Waals surface area contributed by atoms with Crippen molar-refractivity contribution in [3.8, 4) is 11.5 Å². The van der Waals surface area contributed by atoms with Gasteiger partial charge in [-0.05, 0) is 19.9 Å². The van der Waals surface area contributed by atoms with E-state index < -0.39 is 26.5 Å². The van der Waals surface area contributed by atoms with Crippen LogP contribution in [0.5, 0.6) is 11.5 Å². The third-order valence-electron chi connectivity index (χ3n) is 3.41. The molecule has 0 aliphatic heterocycles. The molecule has 1 aromatic rings. The van der Waals surface area contributed by atoms with E-state index in [4.69, 9.17) is 9.47 Å².